The van der Waals surface area contributed by atoms with Crippen molar-refractivity contribution in [1.82, 2.24) is 19.9 Å². The van der Waals surface area contributed by atoms with Crippen LogP contribution >= 0.6 is 0 Å². The fourth-order valence-corrected chi connectivity index (χ4v) is 3.49. The first-order valence-corrected chi connectivity index (χ1v) is 10.8. The molecule has 9 nitrogen and oxygen atoms in total. The largest absolute Gasteiger partial charge is 0.488 e. The maximum Gasteiger partial charge on any atom is 0.323 e. The van der Waals surface area contributed by atoms with Crippen molar-refractivity contribution in [3.63, 3.8) is 0 Å². The standard InChI is InChI=1S/C24H24N6O3/c1-2-5-19-16-20(8-7-18(19)4-1)26-22-27-23(30-10-12-31-13-11-30)29-24(28-22)33-15-14-32-21-6-3-9-25-17-21/h1-9,16-17H,10-15H2,(H,26,27,28,29). The van der Waals surface area contributed by atoms with E-state index >= 15 is 0 Å². The number of hydrogen-bond donors (Lipinski definition) is 1. The van der Waals surface area contributed by atoms with Crippen LogP contribution in [0.2, 0.25) is 0 Å². The predicted octanol–water partition coefficient (Wildman–Crippen LogP) is 3.46. The normalized spacial score (nSPS) is 13.6. The number of hydrogen-bond acceptors (Lipinski definition) is 9. The van der Waals surface area contributed by atoms with E-state index in [-0.39, 0.29) is 12.6 Å². The summed E-state index contributed by atoms with van der Waals surface area (Å²) in [5.74, 6) is 1.66. The molecule has 1 aliphatic rings. The van der Waals surface area contributed by atoms with Gasteiger partial charge in [-0.25, -0.2) is 0 Å². The summed E-state index contributed by atoms with van der Waals surface area (Å²) in [6.07, 6.45) is 3.36. The Morgan fingerprint density at radius 1 is 0.879 bits per heavy atom. The van der Waals surface area contributed by atoms with Gasteiger partial charge in [0, 0.05) is 25.0 Å². The van der Waals surface area contributed by atoms with Crippen LogP contribution < -0.4 is 19.7 Å². The number of benzene rings is 2. The monoisotopic (exact) mass is 444 g/mol. The fraction of sp³-hybridized carbons (Fsp3) is 0.250. The molecule has 33 heavy (non-hydrogen) atoms. The summed E-state index contributed by atoms with van der Waals surface area (Å²) in [4.78, 5) is 19.7. The number of fused-ring (bicyclic) bond motifs is 1. The smallest absolute Gasteiger partial charge is 0.323 e. The van der Waals surface area contributed by atoms with Gasteiger partial charge in [-0.3, -0.25) is 4.98 Å². The van der Waals surface area contributed by atoms with Gasteiger partial charge in [-0.1, -0.05) is 30.3 Å². The first-order chi connectivity index (χ1) is 16.3. The second kappa shape index (κ2) is 10.1. The van der Waals surface area contributed by atoms with Crippen molar-refractivity contribution < 1.29 is 14.2 Å². The number of morpholine rings is 1. The van der Waals surface area contributed by atoms with Gasteiger partial charge in [-0.2, -0.15) is 15.0 Å². The summed E-state index contributed by atoms with van der Waals surface area (Å²) >= 11 is 0. The average molecular weight is 444 g/mol. The van der Waals surface area contributed by atoms with Crippen LogP contribution in [0.25, 0.3) is 10.8 Å². The van der Waals surface area contributed by atoms with Crippen LogP contribution in [0.4, 0.5) is 17.6 Å². The van der Waals surface area contributed by atoms with E-state index < -0.39 is 0 Å². The van der Waals surface area contributed by atoms with E-state index in [0.717, 1.165) is 11.1 Å². The molecule has 2 aromatic heterocycles. The highest BCUT2D eigenvalue weighted by Crippen LogP contribution is 2.23. The zero-order valence-electron chi connectivity index (χ0n) is 18.1. The zero-order valence-corrected chi connectivity index (χ0v) is 18.1. The summed E-state index contributed by atoms with van der Waals surface area (Å²) in [6.45, 7) is 3.32. The number of aromatic nitrogens is 4. The second-order valence-electron chi connectivity index (χ2n) is 7.41. The lowest BCUT2D eigenvalue weighted by Gasteiger charge is -2.27. The second-order valence-corrected chi connectivity index (χ2v) is 7.41. The molecule has 0 unspecified atom stereocenters. The molecule has 1 aliphatic heterocycles. The molecule has 2 aromatic carbocycles. The molecule has 9 heteroatoms. The molecule has 0 radical (unpaired) electrons. The molecule has 0 aliphatic carbocycles. The lowest BCUT2D eigenvalue weighted by atomic mass is 10.1. The summed E-state index contributed by atoms with van der Waals surface area (Å²) in [5.41, 5.74) is 0.888. The minimum absolute atomic E-state index is 0.240. The lowest BCUT2D eigenvalue weighted by Crippen LogP contribution is -2.37. The van der Waals surface area contributed by atoms with Crippen LogP contribution in [0.15, 0.2) is 67.0 Å². The zero-order chi connectivity index (χ0) is 22.3. The quantitative estimate of drug-likeness (QED) is 0.410. The van der Waals surface area contributed by atoms with Crippen LogP contribution in [0, 0.1) is 0 Å². The number of anilines is 3. The Morgan fingerprint density at radius 3 is 2.58 bits per heavy atom. The summed E-state index contributed by atoms with van der Waals surface area (Å²) < 4.78 is 16.9. The Bertz CT molecular complexity index is 1200. The SMILES string of the molecule is c1cncc(OCCOc2nc(Nc3ccc4ccccc4c3)nc(N3CCOCC3)n2)c1. The van der Waals surface area contributed by atoms with Crippen LogP contribution in [0.5, 0.6) is 11.8 Å². The maximum atomic E-state index is 5.80. The Morgan fingerprint density at radius 2 is 1.73 bits per heavy atom. The molecule has 1 N–H and O–H groups in total. The molecule has 4 aromatic rings. The molecular formula is C24H24N6O3. The van der Waals surface area contributed by atoms with Crippen molar-refractivity contribution in [3.05, 3.63) is 67.0 Å². The molecule has 1 saturated heterocycles. The van der Waals surface area contributed by atoms with Gasteiger partial charge in [0.1, 0.15) is 19.0 Å². The third-order valence-electron chi connectivity index (χ3n) is 5.12. The van der Waals surface area contributed by atoms with Gasteiger partial charge < -0.3 is 24.4 Å². The van der Waals surface area contributed by atoms with Crippen LogP contribution in [0.3, 0.4) is 0 Å². The molecule has 0 amide bonds. The topological polar surface area (TPSA) is 94.5 Å². The van der Waals surface area contributed by atoms with Crippen molar-refractivity contribution in [2.24, 2.45) is 0 Å². The van der Waals surface area contributed by atoms with Crippen molar-refractivity contribution >= 4 is 28.4 Å². The lowest BCUT2D eigenvalue weighted by molar-refractivity contribution is 0.122. The van der Waals surface area contributed by atoms with E-state index in [1.807, 2.05) is 30.3 Å². The first kappa shape index (κ1) is 20.9. The molecule has 0 saturated carbocycles. The minimum atomic E-state index is 0.240. The van der Waals surface area contributed by atoms with Crippen molar-refractivity contribution in [2.45, 2.75) is 0 Å². The Kier molecular flexibility index (Phi) is 6.39. The van der Waals surface area contributed by atoms with Gasteiger partial charge in [0.15, 0.2) is 0 Å². The highest BCUT2D eigenvalue weighted by atomic mass is 16.5. The maximum absolute atomic E-state index is 5.80. The van der Waals surface area contributed by atoms with Crippen LogP contribution in [0.1, 0.15) is 0 Å². The molecule has 0 bridgehead atoms. The highest BCUT2D eigenvalue weighted by molar-refractivity contribution is 5.86. The molecule has 0 spiro atoms. The summed E-state index contributed by atoms with van der Waals surface area (Å²) in [5, 5.41) is 5.60. The van der Waals surface area contributed by atoms with Crippen LogP contribution in [-0.4, -0.2) is 59.5 Å². The molecular weight excluding hydrogens is 420 g/mol. The average Bonchev–Trinajstić information content (AvgIpc) is 2.88. The summed E-state index contributed by atoms with van der Waals surface area (Å²) in [7, 11) is 0. The van der Waals surface area contributed by atoms with E-state index in [4.69, 9.17) is 14.2 Å². The molecule has 3 heterocycles. The van der Waals surface area contributed by atoms with Gasteiger partial charge in [-0.15, -0.1) is 0 Å². The molecule has 5 rings (SSSR count). The van der Waals surface area contributed by atoms with Gasteiger partial charge in [0.25, 0.3) is 0 Å². The van der Waals surface area contributed by atoms with Crippen LogP contribution in [-0.2, 0) is 4.74 Å². The van der Waals surface area contributed by atoms with Gasteiger partial charge in [0.2, 0.25) is 11.9 Å². The van der Waals surface area contributed by atoms with Gasteiger partial charge in [0.05, 0.1) is 19.4 Å². The number of nitrogens with one attached hydrogen (secondary N) is 1. The minimum Gasteiger partial charge on any atom is -0.488 e. The van der Waals surface area contributed by atoms with E-state index in [0.29, 0.717) is 50.6 Å². The Balaban J connectivity index is 1.32. The molecule has 0 atom stereocenters. The Labute approximate surface area is 191 Å². The molecule has 1 fully saturated rings. The number of nitrogens with zero attached hydrogens (tertiary/aromatic N) is 5. The van der Waals surface area contributed by atoms with E-state index in [2.05, 4.69) is 54.4 Å². The predicted molar refractivity (Wildman–Crippen MR) is 125 cm³/mol. The van der Waals surface area contributed by atoms with E-state index in [1.165, 1.54) is 5.39 Å². The fourth-order valence-electron chi connectivity index (χ4n) is 3.49. The highest BCUT2D eigenvalue weighted by Gasteiger charge is 2.17. The molecule has 168 valence electrons. The number of ether oxygens (including phenoxy) is 3. The summed E-state index contributed by atoms with van der Waals surface area (Å²) in [6, 6.07) is 18.2. The van der Waals surface area contributed by atoms with E-state index in [1.54, 1.807) is 12.4 Å². The Hall–Kier alpha value is -3.98. The van der Waals surface area contributed by atoms with Crippen molar-refractivity contribution in [2.75, 3.05) is 49.7 Å². The number of rotatable bonds is 8. The van der Waals surface area contributed by atoms with Gasteiger partial charge in [-0.05, 0) is 35.0 Å². The van der Waals surface area contributed by atoms with Crippen molar-refractivity contribution in [1.29, 1.82) is 0 Å². The van der Waals surface area contributed by atoms with Crippen molar-refractivity contribution in [3.8, 4) is 11.8 Å². The van der Waals surface area contributed by atoms with Gasteiger partial charge >= 0.3 is 6.01 Å². The number of pyridine rings is 1. The third-order valence-corrected chi connectivity index (χ3v) is 5.12. The third kappa shape index (κ3) is 5.45. The van der Waals surface area contributed by atoms with E-state index in [9.17, 15) is 0 Å². The first-order valence-electron chi connectivity index (χ1n) is 10.8.